The molecule has 0 radical (unpaired) electrons. The molecule has 2 N–H and O–H groups in total. The lowest BCUT2D eigenvalue weighted by molar-refractivity contribution is 0.332. The van der Waals surface area contributed by atoms with E-state index in [0.717, 1.165) is 25.7 Å². The standard InChI is InChI=1S/C11H20N2O2S3/c1-17-11(10(12)16)4-6-13(7-5-11)18(14,15)8-9-2-3-9/h9H,2-8H2,1H3,(H2,12,16). The average molecular weight is 308 g/mol. The molecule has 4 nitrogen and oxygen atoms in total. The van der Waals surface area contributed by atoms with Gasteiger partial charge in [-0.15, -0.1) is 0 Å². The lowest BCUT2D eigenvalue weighted by Gasteiger charge is -2.39. The van der Waals surface area contributed by atoms with Gasteiger partial charge in [0.1, 0.15) is 0 Å². The Morgan fingerprint density at radius 2 is 2.00 bits per heavy atom. The van der Waals surface area contributed by atoms with Crippen molar-refractivity contribution in [2.75, 3.05) is 25.1 Å². The Bertz CT molecular complexity index is 424. The molecular formula is C11H20N2O2S3. The smallest absolute Gasteiger partial charge is 0.214 e. The van der Waals surface area contributed by atoms with Gasteiger partial charge in [0.25, 0.3) is 0 Å². The topological polar surface area (TPSA) is 63.4 Å². The van der Waals surface area contributed by atoms with Gasteiger partial charge in [0, 0.05) is 13.1 Å². The van der Waals surface area contributed by atoms with E-state index in [0.29, 0.717) is 29.7 Å². The molecule has 1 saturated heterocycles. The van der Waals surface area contributed by atoms with Gasteiger partial charge in [-0.3, -0.25) is 0 Å². The molecule has 2 fully saturated rings. The third-order valence-corrected chi connectivity index (χ3v) is 7.88. The number of nitrogens with zero attached hydrogens (tertiary/aromatic N) is 1. The highest BCUT2D eigenvalue weighted by Gasteiger charge is 2.41. The summed E-state index contributed by atoms with van der Waals surface area (Å²) in [7, 11) is -3.06. The van der Waals surface area contributed by atoms with E-state index in [4.69, 9.17) is 18.0 Å². The monoisotopic (exact) mass is 308 g/mol. The van der Waals surface area contributed by atoms with E-state index in [9.17, 15) is 8.42 Å². The number of hydrogen-bond acceptors (Lipinski definition) is 4. The lowest BCUT2D eigenvalue weighted by Crippen LogP contribution is -2.51. The van der Waals surface area contributed by atoms with E-state index >= 15 is 0 Å². The maximum atomic E-state index is 12.2. The second kappa shape index (κ2) is 5.26. The SMILES string of the molecule is CSC1(C(N)=S)CCN(S(=O)(=O)CC2CC2)CC1. The minimum Gasteiger partial charge on any atom is -0.392 e. The van der Waals surface area contributed by atoms with Gasteiger partial charge in [-0.25, -0.2) is 12.7 Å². The molecule has 0 atom stereocenters. The first-order valence-electron chi connectivity index (χ1n) is 6.22. The molecule has 2 aliphatic rings. The van der Waals surface area contributed by atoms with Crippen LogP contribution in [0, 0.1) is 5.92 Å². The zero-order valence-corrected chi connectivity index (χ0v) is 13.0. The van der Waals surface area contributed by atoms with Gasteiger partial charge in [0.05, 0.1) is 15.5 Å². The van der Waals surface area contributed by atoms with E-state index in [1.807, 2.05) is 6.26 Å². The maximum absolute atomic E-state index is 12.2. The third kappa shape index (κ3) is 3.00. The van der Waals surface area contributed by atoms with Crippen LogP contribution in [0.3, 0.4) is 0 Å². The first kappa shape index (κ1) is 14.6. The van der Waals surface area contributed by atoms with Crippen LogP contribution in [-0.4, -0.2) is 47.6 Å². The zero-order chi connectivity index (χ0) is 13.4. The second-order valence-electron chi connectivity index (χ2n) is 5.18. The van der Waals surface area contributed by atoms with Gasteiger partial charge < -0.3 is 5.73 Å². The maximum Gasteiger partial charge on any atom is 0.214 e. The molecule has 0 aromatic carbocycles. The normalized spacial score (nSPS) is 24.9. The molecule has 1 saturated carbocycles. The van der Waals surface area contributed by atoms with Gasteiger partial charge in [0.15, 0.2) is 0 Å². The highest BCUT2D eigenvalue weighted by molar-refractivity contribution is 8.02. The molecule has 104 valence electrons. The summed E-state index contributed by atoms with van der Waals surface area (Å²) >= 11 is 6.78. The minimum atomic E-state index is -3.06. The summed E-state index contributed by atoms with van der Waals surface area (Å²) in [5.41, 5.74) is 5.80. The van der Waals surface area contributed by atoms with Gasteiger partial charge in [-0.2, -0.15) is 11.8 Å². The molecule has 0 spiro atoms. The first-order chi connectivity index (χ1) is 8.39. The molecule has 0 aromatic rings. The fourth-order valence-electron chi connectivity index (χ4n) is 2.36. The van der Waals surface area contributed by atoms with E-state index in [-0.39, 0.29) is 4.75 Å². The molecule has 1 heterocycles. The van der Waals surface area contributed by atoms with E-state index in [1.165, 1.54) is 0 Å². The van der Waals surface area contributed by atoms with Crippen LogP contribution in [0.1, 0.15) is 25.7 Å². The third-order valence-electron chi connectivity index (χ3n) is 3.91. The number of sulfonamides is 1. The summed E-state index contributed by atoms with van der Waals surface area (Å²) < 4.78 is 25.7. The molecule has 0 bridgehead atoms. The largest absolute Gasteiger partial charge is 0.392 e. The first-order valence-corrected chi connectivity index (χ1v) is 9.47. The summed E-state index contributed by atoms with van der Waals surface area (Å²) in [6.07, 6.45) is 5.58. The van der Waals surface area contributed by atoms with Crippen molar-refractivity contribution in [2.45, 2.75) is 30.4 Å². The Hall–Kier alpha value is 0.150. The minimum absolute atomic E-state index is 0.207. The van der Waals surface area contributed by atoms with Crippen LogP contribution in [0.4, 0.5) is 0 Å². The van der Waals surface area contributed by atoms with Crippen LogP contribution in [0.5, 0.6) is 0 Å². The Kier molecular flexibility index (Phi) is 4.26. The number of thiocarbonyl (C=S) groups is 1. The molecule has 0 amide bonds. The predicted molar refractivity (Wildman–Crippen MR) is 80.3 cm³/mol. The van der Waals surface area contributed by atoms with Crippen LogP contribution < -0.4 is 5.73 Å². The highest BCUT2D eigenvalue weighted by atomic mass is 32.2. The van der Waals surface area contributed by atoms with Crippen LogP contribution >= 0.6 is 24.0 Å². The fourth-order valence-corrected chi connectivity index (χ4v) is 5.49. The molecule has 2 rings (SSSR count). The van der Waals surface area contributed by atoms with Crippen molar-refractivity contribution in [1.82, 2.24) is 4.31 Å². The highest BCUT2D eigenvalue weighted by Crippen LogP contribution is 2.37. The van der Waals surface area contributed by atoms with Crippen LogP contribution in [-0.2, 0) is 10.0 Å². The lowest BCUT2D eigenvalue weighted by atomic mass is 9.97. The molecule has 7 heteroatoms. The quantitative estimate of drug-likeness (QED) is 0.774. The van der Waals surface area contributed by atoms with E-state index < -0.39 is 10.0 Å². The molecule has 18 heavy (non-hydrogen) atoms. The summed E-state index contributed by atoms with van der Waals surface area (Å²) in [5.74, 6) is 0.726. The van der Waals surface area contributed by atoms with Crippen molar-refractivity contribution < 1.29 is 8.42 Å². The molecular weight excluding hydrogens is 288 g/mol. The molecule has 1 aliphatic heterocycles. The van der Waals surface area contributed by atoms with Crippen molar-refractivity contribution in [3.8, 4) is 0 Å². The van der Waals surface area contributed by atoms with Crippen molar-refractivity contribution >= 4 is 39.0 Å². The van der Waals surface area contributed by atoms with Crippen LogP contribution in [0.2, 0.25) is 0 Å². The zero-order valence-electron chi connectivity index (χ0n) is 10.6. The van der Waals surface area contributed by atoms with Crippen LogP contribution in [0.15, 0.2) is 0 Å². The second-order valence-corrected chi connectivity index (χ2v) is 8.83. The van der Waals surface area contributed by atoms with Crippen molar-refractivity contribution in [3.63, 3.8) is 0 Å². The molecule has 0 unspecified atom stereocenters. The Labute approximate surface area is 119 Å². The number of thioether (sulfide) groups is 1. The number of hydrogen-bond donors (Lipinski definition) is 1. The molecule has 0 aromatic heterocycles. The van der Waals surface area contributed by atoms with Gasteiger partial charge in [-0.05, 0) is 37.9 Å². The van der Waals surface area contributed by atoms with Crippen molar-refractivity contribution in [1.29, 1.82) is 0 Å². The summed E-state index contributed by atoms with van der Waals surface area (Å²) in [6, 6.07) is 0. The van der Waals surface area contributed by atoms with E-state index in [2.05, 4.69) is 0 Å². The molecule has 1 aliphatic carbocycles. The van der Waals surface area contributed by atoms with E-state index in [1.54, 1.807) is 16.1 Å². The Balaban J connectivity index is 1.99. The average Bonchev–Trinajstić information content (AvgIpc) is 3.12. The van der Waals surface area contributed by atoms with Gasteiger partial charge in [-0.1, -0.05) is 12.2 Å². The summed E-state index contributed by atoms with van der Waals surface area (Å²) in [5, 5.41) is 0. The Morgan fingerprint density at radius 1 is 1.44 bits per heavy atom. The number of nitrogens with two attached hydrogens (primary N) is 1. The number of rotatable bonds is 5. The van der Waals surface area contributed by atoms with Gasteiger partial charge >= 0.3 is 0 Å². The fraction of sp³-hybridized carbons (Fsp3) is 0.909. The van der Waals surface area contributed by atoms with Crippen molar-refractivity contribution in [2.24, 2.45) is 11.7 Å². The van der Waals surface area contributed by atoms with Gasteiger partial charge in [0.2, 0.25) is 10.0 Å². The Morgan fingerprint density at radius 3 is 2.39 bits per heavy atom. The summed E-state index contributed by atoms with van der Waals surface area (Å²) in [6.45, 7) is 1.10. The predicted octanol–water partition coefficient (Wildman–Crippen LogP) is 1.21. The van der Waals surface area contributed by atoms with Crippen LogP contribution in [0.25, 0.3) is 0 Å². The number of piperidine rings is 1. The van der Waals surface area contributed by atoms with Crippen molar-refractivity contribution in [3.05, 3.63) is 0 Å². The summed E-state index contributed by atoms with van der Waals surface area (Å²) in [4.78, 5) is 0.509.